The molecule has 0 unspecified atom stereocenters. The predicted molar refractivity (Wildman–Crippen MR) is 76.8 cm³/mol. The highest BCUT2D eigenvalue weighted by atomic mass is 79.9. The van der Waals surface area contributed by atoms with Gasteiger partial charge in [-0.05, 0) is 52.2 Å². The number of carbonyl (C=O) groups is 1. The highest BCUT2D eigenvalue weighted by Gasteiger charge is 2.15. The maximum Gasteiger partial charge on any atom is 0.264 e. The number of hydrogen-bond donors (Lipinski definition) is 0. The van der Waals surface area contributed by atoms with Crippen LogP contribution < -0.4 is 0 Å². The van der Waals surface area contributed by atoms with E-state index in [9.17, 15) is 4.79 Å². The Morgan fingerprint density at radius 1 is 1.44 bits per heavy atom. The molecule has 3 nitrogen and oxygen atoms in total. The van der Waals surface area contributed by atoms with Crippen molar-refractivity contribution in [1.29, 1.82) is 0 Å². The molecule has 2 heterocycles. The zero-order valence-corrected chi connectivity index (χ0v) is 12.6. The minimum absolute atomic E-state index is 0.0469. The van der Waals surface area contributed by atoms with Crippen LogP contribution in [-0.4, -0.2) is 22.8 Å². The Bertz CT molecular complexity index is 534. The number of aryl methyl sites for hydroxylation is 1. The predicted octanol–water partition coefficient (Wildman–Crippen LogP) is 3.49. The zero-order valence-electron chi connectivity index (χ0n) is 10.2. The molecule has 0 bridgehead atoms. The fraction of sp³-hybridized carbons (Fsp3) is 0.231. The van der Waals surface area contributed by atoms with Crippen molar-refractivity contribution in [2.24, 2.45) is 0 Å². The summed E-state index contributed by atoms with van der Waals surface area (Å²) >= 11 is 4.91. The van der Waals surface area contributed by atoms with Crippen LogP contribution in [0, 0.1) is 6.92 Å². The van der Waals surface area contributed by atoms with Crippen LogP contribution in [0.4, 0.5) is 0 Å². The van der Waals surface area contributed by atoms with Gasteiger partial charge in [0.2, 0.25) is 0 Å². The molecular weight excluding hydrogens is 312 g/mol. The lowest BCUT2D eigenvalue weighted by Gasteiger charge is -2.16. The summed E-state index contributed by atoms with van der Waals surface area (Å²) in [6.07, 6.45) is 3.47. The second kappa shape index (κ2) is 5.63. The fourth-order valence-corrected chi connectivity index (χ4v) is 3.12. The molecule has 2 aromatic rings. The quantitative estimate of drug-likeness (QED) is 0.865. The molecule has 0 fully saturated rings. The fourth-order valence-electron chi connectivity index (χ4n) is 1.59. The lowest BCUT2D eigenvalue weighted by atomic mass is 10.2. The Labute approximate surface area is 119 Å². The number of amides is 1. The van der Waals surface area contributed by atoms with Gasteiger partial charge in [0.25, 0.3) is 5.91 Å². The second-order valence-electron chi connectivity index (χ2n) is 4.08. The lowest BCUT2D eigenvalue weighted by molar-refractivity contribution is 0.0790. The molecule has 0 aromatic carbocycles. The maximum absolute atomic E-state index is 12.2. The van der Waals surface area contributed by atoms with E-state index in [2.05, 4.69) is 20.9 Å². The van der Waals surface area contributed by atoms with Gasteiger partial charge in [0.1, 0.15) is 0 Å². The Morgan fingerprint density at radius 3 is 2.67 bits per heavy atom. The molecule has 0 saturated heterocycles. The zero-order chi connectivity index (χ0) is 13.1. The summed E-state index contributed by atoms with van der Waals surface area (Å²) in [6, 6.07) is 5.75. The third kappa shape index (κ3) is 2.97. The Morgan fingerprint density at radius 2 is 2.11 bits per heavy atom. The van der Waals surface area contributed by atoms with Gasteiger partial charge in [-0.1, -0.05) is 0 Å². The van der Waals surface area contributed by atoms with Crippen LogP contribution in [0.15, 0.2) is 34.4 Å². The summed E-state index contributed by atoms with van der Waals surface area (Å²) in [6.45, 7) is 2.58. The minimum atomic E-state index is 0.0469. The SMILES string of the molecule is Cc1cc(C(=O)N(C)Cc2ccncc2)sc1Br. The van der Waals surface area contributed by atoms with Gasteiger partial charge in [0.15, 0.2) is 0 Å². The summed E-state index contributed by atoms with van der Waals surface area (Å²) in [5.41, 5.74) is 2.17. The monoisotopic (exact) mass is 324 g/mol. The number of hydrogen-bond acceptors (Lipinski definition) is 3. The smallest absolute Gasteiger partial charge is 0.264 e. The van der Waals surface area contributed by atoms with Crippen LogP contribution in [0.2, 0.25) is 0 Å². The topological polar surface area (TPSA) is 33.2 Å². The van der Waals surface area contributed by atoms with E-state index in [1.54, 1.807) is 17.3 Å². The summed E-state index contributed by atoms with van der Waals surface area (Å²) in [4.78, 5) is 18.7. The molecule has 5 heteroatoms. The van der Waals surface area contributed by atoms with E-state index in [4.69, 9.17) is 0 Å². The standard InChI is InChI=1S/C13H13BrN2OS/c1-9-7-11(18-12(9)14)13(17)16(2)8-10-3-5-15-6-4-10/h3-7H,8H2,1-2H3. The number of pyridine rings is 1. The average Bonchev–Trinajstić information content (AvgIpc) is 2.70. The van der Waals surface area contributed by atoms with Gasteiger partial charge in [-0.3, -0.25) is 9.78 Å². The van der Waals surface area contributed by atoms with Gasteiger partial charge in [0, 0.05) is 26.0 Å². The number of halogens is 1. The van der Waals surface area contributed by atoms with Gasteiger partial charge in [0.05, 0.1) is 8.66 Å². The van der Waals surface area contributed by atoms with E-state index in [0.29, 0.717) is 6.54 Å². The number of thiophene rings is 1. The molecule has 0 N–H and O–H groups in total. The molecule has 2 rings (SSSR count). The van der Waals surface area contributed by atoms with Crippen molar-refractivity contribution in [1.82, 2.24) is 9.88 Å². The molecule has 1 amide bonds. The lowest BCUT2D eigenvalue weighted by Crippen LogP contribution is -2.25. The molecule has 94 valence electrons. The van der Waals surface area contributed by atoms with Crippen molar-refractivity contribution in [3.8, 4) is 0 Å². The first-order valence-electron chi connectivity index (χ1n) is 5.48. The Balaban J connectivity index is 2.09. The van der Waals surface area contributed by atoms with Crippen LogP contribution in [0.1, 0.15) is 20.8 Å². The number of nitrogens with zero attached hydrogens (tertiary/aromatic N) is 2. The summed E-state index contributed by atoms with van der Waals surface area (Å²) in [7, 11) is 1.81. The van der Waals surface area contributed by atoms with Crippen molar-refractivity contribution < 1.29 is 4.79 Å². The van der Waals surface area contributed by atoms with E-state index in [1.165, 1.54) is 11.3 Å². The van der Waals surface area contributed by atoms with E-state index in [1.807, 2.05) is 32.2 Å². The van der Waals surface area contributed by atoms with Crippen LogP contribution in [0.5, 0.6) is 0 Å². The van der Waals surface area contributed by atoms with E-state index in [-0.39, 0.29) is 5.91 Å². The third-order valence-corrected chi connectivity index (χ3v) is 4.71. The summed E-state index contributed by atoms with van der Waals surface area (Å²) in [5, 5.41) is 0. The largest absolute Gasteiger partial charge is 0.337 e. The van der Waals surface area contributed by atoms with Crippen molar-refractivity contribution in [3.63, 3.8) is 0 Å². The van der Waals surface area contributed by atoms with Gasteiger partial charge in [-0.25, -0.2) is 0 Å². The Hall–Kier alpha value is -1.20. The van der Waals surface area contributed by atoms with E-state index >= 15 is 0 Å². The van der Waals surface area contributed by atoms with Gasteiger partial charge >= 0.3 is 0 Å². The molecule has 0 aliphatic heterocycles. The van der Waals surface area contributed by atoms with Crippen molar-refractivity contribution in [2.45, 2.75) is 13.5 Å². The van der Waals surface area contributed by atoms with Crippen LogP contribution >= 0.6 is 27.3 Å². The molecule has 18 heavy (non-hydrogen) atoms. The Kier molecular flexibility index (Phi) is 4.14. The molecule has 0 saturated carbocycles. The van der Waals surface area contributed by atoms with Gasteiger partial charge in [-0.2, -0.15) is 0 Å². The van der Waals surface area contributed by atoms with Gasteiger partial charge in [-0.15, -0.1) is 11.3 Å². The highest BCUT2D eigenvalue weighted by Crippen LogP contribution is 2.28. The summed E-state index contributed by atoms with van der Waals surface area (Å²) in [5.74, 6) is 0.0469. The van der Waals surface area contributed by atoms with E-state index < -0.39 is 0 Å². The van der Waals surface area contributed by atoms with Crippen molar-refractivity contribution in [2.75, 3.05) is 7.05 Å². The first kappa shape index (κ1) is 13.2. The molecule has 0 spiro atoms. The molecule has 2 aromatic heterocycles. The minimum Gasteiger partial charge on any atom is -0.337 e. The molecular formula is C13H13BrN2OS. The van der Waals surface area contributed by atoms with E-state index in [0.717, 1.165) is 19.8 Å². The average molecular weight is 325 g/mol. The maximum atomic E-state index is 12.2. The van der Waals surface area contributed by atoms with Crippen LogP contribution in [0.3, 0.4) is 0 Å². The molecule has 0 aliphatic rings. The normalized spacial score (nSPS) is 10.4. The number of carbonyl (C=O) groups excluding carboxylic acids is 1. The second-order valence-corrected chi connectivity index (χ2v) is 6.45. The third-order valence-electron chi connectivity index (χ3n) is 2.58. The van der Waals surface area contributed by atoms with Crippen molar-refractivity contribution in [3.05, 3.63) is 50.4 Å². The molecule has 0 atom stereocenters. The number of aromatic nitrogens is 1. The molecule has 0 radical (unpaired) electrons. The summed E-state index contributed by atoms with van der Waals surface area (Å²) < 4.78 is 1.02. The van der Waals surface area contributed by atoms with Crippen molar-refractivity contribution >= 4 is 33.2 Å². The van der Waals surface area contributed by atoms with Crippen LogP contribution in [0.25, 0.3) is 0 Å². The number of rotatable bonds is 3. The first-order valence-corrected chi connectivity index (χ1v) is 7.09. The first-order chi connectivity index (χ1) is 8.58. The van der Waals surface area contributed by atoms with Gasteiger partial charge < -0.3 is 4.90 Å². The molecule has 0 aliphatic carbocycles. The van der Waals surface area contributed by atoms with Crippen LogP contribution in [-0.2, 0) is 6.54 Å². The highest BCUT2D eigenvalue weighted by molar-refractivity contribution is 9.11.